The van der Waals surface area contributed by atoms with Gasteiger partial charge in [0, 0.05) is 13.5 Å². The zero-order valence-electron chi connectivity index (χ0n) is 9.20. The molecule has 2 unspecified atom stereocenters. The second kappa shape index (κ2) is 4.28. The van der Waals surface area contributed by atoms with Crippen LogP contribution in [0.5, 0.6) is 0 Å². The van der Waals surface area contributed by atoms with E-state index in [-0.39, 0.29) is 6.10 Å². The number of hydrogen-bond acceptors (Lipinski definition) is 4. The van der Waals surface area contributed by atoms with Crippen molar-refractivity contribution >= 4 is 5.97 Å². The predicted molar refractivity (Wildman–Crippen MR) is 50.7 cm³/mol. The first-order valence-electron chi connectivity index (χ1n) is 4.87. The van der Waals surface area contributed by atoms with Crippen molar-refractivity contribution in [1.29, 1.82) is 0 Å². The summed E-state index contributed by atoms with van der Waals surface area (Å²) in [6.45, 7) is 4.13. The molecule has 14 heavy (non-hydrogen) atoms. The van der Waals surface area contributed by atoms with Crippen LogP contribution in [0, 0.1) is 5.92 Å². The van der Waals surface area contributed by atoms with Gasteiger partial charge in [-0.15, -0.1) is 0 Å². The standard InChI is InChI=1S/C10H18O4/c1-7(2)8-5-6-10(13-4,14-8)9(11)12-3/h7-8H,5-6H2,1-4H3. The van der Waals surface area contributed by atoms with E-state index in [9.17, 15) is 4.79 Å². The number of rotatable bonds is 3. The normalized spacial score (nSPS) is 32.2. The van der Waals surface area contributed by atoms with Crippen LogP contribution in [0.3, 0.4) is 0 Å². The highest BCUT2D eigenvalue weighted by atomic mass is 16.7. The molecular weight excluding hydrogens is 184 g/mol. The van der Waals surface area contributed by atoms with Crippen LogP contribution < -0.4 is 0 Å². The molecule has 1 saturated heterocycles. The van der Waals surface area contributed by atoms with Crippen molar-refractivity contribution in [2.45, 2.75) is 38.6 Å². The molecule has 0 radical (unpaired) electrons. The van der Waals surface area contributed by atoms with Gasteiger partial charge in [-0.05, 0) is 12.3 Å². The number of carbonyl (C=O) groups excluding carboxylic acids is 1. The largest absolute Gasteiger partial charge is 0.465 e. The average molecular weight is 202 g/mol. The van der Waals surface area contributed by atoms with E-state index in [2.05, 4.69) is 18.6 Å². The van der Waals surface area contributed by atoms with E-state index in [1.807, 2.05) is 0 Å². The molecule has 0 amide bonds. The monoisotopic (exact) mass is 202 g/mol. The Morgan fingerprint density at radius 2 is 2.14 bits per heavy atom. The molecule has 1 heterocycles. The SMILES string of the molecule is COC(=O)C1(OC)CCC(C(C)C)O1. The van der Waals surface area contributed by atoms with Gasteiger partial charge in [0.2, 0.25) is 0 Å². The minimum Gasteiger partial charge on any atom is -0.465 e. The fraction of sp³-hybridized carbons (Fsp3) is 0.900. The molecule has 0 saturated carbocycles. The van der Waals surface area contributed by atoms with Gasteiger partial charge in [-0.2, -0.15) is 0 Å². The highest BCUT2D eigenvalue weighted by Gasteiger charge is 2.48. The summed E-state index contributed by atoms with van der Waals surface area (Å²) < 4.78 is 15.4. The number of carbonyl (C=O) groups is 1. The minimum atomic E-state index is -1.16. The molecular formula is C10H18O4. The average Bonchev–Trinajstić information content (AvgIpc) is 2.62. The van der Waals surface area contributed by atoms with Crippen molar-refractivity contribution in [3.8, 4) is 0 Å². The molecule has 0 aromatic rings. The van der Waals surface area contributed by atoms with Crippen molar-refractivity contribution < 1.29 is 19.0 Å². The van der Waals surface area contributed by atoms with Gasteiger partial charge >= 0.3 is 5.97 Å². The lowest BCUT2D eigenvalue weighted by Crippen LogP contribution is -2.42. The molecule has 0 bridgehead atoms. The first kappa shape index (κ1) is 11.5. The van der Waals surface area contributed by atoms with E-state index in [1.165, 1.54) is 14.2 Å². The van der Waals surface area contributed by atoms with Gasteiger partial charge in [-0.1, -0.05) is 13.8 Å². The topological polar surface area (TPSA) is 44.8 Å². The zero-order valence-corrected chi connectivity index (χ0v) is 9.20. The molecule has 2 atom stereocenters. The Kier molecular flexibility index (Phi) is 3.50. The first-order chi connectivity index (χ1) is 6.55. The summed E-state index contributed by atoms with van der Waals surface area (Å²) in [5.74, 6) is -1.22. The Balaban J connectivity index is 2.71. The summed E-state index contributed by atoms with van der Waals surface area (Å²) in [5.41, 5.74) is 0. The van der Waals surface area contributed by atoms with Crippen LogP contribution in [-0.2, 0) is 19.0 Å². The summed E-state index contributed by atoms with van der Waals surface area (Å²) in [7, 11) is 2.81. The summed E-state index contributed by atoms with van der Waals surface area (Å²) in [5, 5.41) is 0. The summed E-state index contributed by atoms with van der Waals surface area (Å²) in [4.78, 5) is 11.5. The van der Waals surface area contributed by atoms with Crippen molar-refractivity contribution in [3.63, 3.8) is 0 Å². The van der Waals surface area contributed by atoms with E-state index in [0.29, 0.717) is 12.3 Å². The molecule has 1 fully saturated rings. The van der Waals surface area contributed by atoms with Gasteiger partial charge in [0.05, 0.1) is 13.2 Å². The summed E-state index contributed by atoms with van der Waals surface area (Å²) in [6.07, 6.45) is 1.48. The highest BCUT2D eigenvalue weighted by Crippen LogP contribution is 2.35. The smallest absolute Gasteiger partial charge is 0.366 e. The Labute approximate surface area is 84.5 Å². The van der Waals surface area contributed by atoms with Gasteiger partial charge in [0.1, 0.15) is 0 Å². The number of hydrogen-bond donors (Lipinski definition) is 0. The Bertz CT molecular complexity index is 214. The number of methoxy groups -OCH3 is 2. The van der Waals surface area contributed by atoms with E-state index < -0.39 is 11.8 Å². The minimum absolute atomic E-state index is 0.0778. The van der Waals surface area contributed by atoms with E-state index in [0.717, 1.165) is 6.42 Å². The van der Waals surface area contributed by atoms with Crippen molar-refractivity contribution in [1.82, 2.24) is 0 Å². The first-order valence-corrected chi connectivity index (χ1v) is 4.87. The third kappa shape index (κ3) is 1.91. The van der Waals surface area contributed by atoms with Crippen LogP contribution in [0.15, 0.2) is 0 Å². The second-order valence-electron chi connectivity index (χ2n) is 3.89. The molecule has 4 heteroatoms. The molecule has 1 rings (SSSR count). The van der Waals surface area contributed by atoms with Gasteiger partial charge in [-0.3, -0.25) is 0 Å². The lowest BCUT2D eigenvalue weighted by atomic mass is 10.0. The van der Waals surface area contributed by atoms with E-state index >= 15 is 0 Å². The van der Waals surface area contributed by atoms with Crippen molar-refractivity contribution in [2.24, 2.45) is 5.92 Å². The Hall–Kier alpha value is -0.610. The van der Waals surface area contributed by atoms with Crippen LogP contribution in [0.4, 0.5) is 0 Å². The molecule has 1 aliphatic rings. The fourth-order valence-electron chi connectivity index (χ4n) is 1.70. The summed E-state index contributed by atoms with van der Waals surface area (Å²) >= 11 is 0. The molecule has 0 aromatic heterocycles. The quantitative estimate of drug-likeness (QED) is 0.648. The van der Waals surface area contributed by atoms with Crippen LogP contribution in [0.1, 0.15) is 26.7 Å². The zero-order chi connectivity index (χ0) is 10.8. The maximum atomic E-state index is 11.5. The molecule has 82 valence electrons. The van der Waals surface area contributed by atoms with E-state index in [4.69, 9.17) is 9.47 Å². The van der Waals surface area contributed by atoms with Crippen LogP contribution in [-0.4, -0.2) is 32.1 Å². The molecule has 0 N–H and O–H groups in total. The molecule has 1 aliphatic heterocycles. The van der Waals surface area contributed by atoms with Gasteiger partial charge in [0.25, 0.3) is 5.79 Å². The fourth-order valence-corrected chi connectivity index (χ4v) is 1.70. The van der Waals surface area contributed by atoms with Gasteiger partial charge < -0.3 is 14.2 Å². The van der Waals surface area contributed by atoms with Gasteiger partial charge in [0.15, 0.2) is 0 Å². The van der Waals surface area contributed by atoms with Crippen molar-refractivity contribution in [3.05, 3.63) is 0 Å². The van der Waals surface area contributed by atoms with Crippen LogP contribution >= 0.6 is 0 Å². The van der Waals surface area contributed by atoms with Crippen LogP contribution in [0.2, 0.25) is 0 Å². The molecule has 4 nitrogen and oxygen atoms in total. The third-order valence-electron chi connectivity index (χ3n) is 2.67. The number of esters is 1. The van der Waals surface area contributed by atoms with Crippen molar-refractivity contribution in [2.75, 3.05) is 14.2 Å². The Morgan fingerprint density at radius 3 is 2.50 bits per heavy atom. The lowest BCUT2D eigenvalue weighted by molar-refractivity contribution is -0.233. The molecule has 0 aliphatic carbocycles. The van der Waals surface area contributed by atoms with E-state index in [1.54, 1.807) is 0 Å². The maximum Gasteiger partial charge on any atom is 0.366 e. The molecule has 0 spiro atoms. The number of ether oxygens (including phenoxy) is 3. The second-order valence-corrected chi connectivity index (χ2v) is 3.89. The summed E-state index contributed by atoms with van der Waals surface area (Å²) in [6, 6.07) is 0. The predicted octanol–water partition coefficient (Wildman–Crippen LogP) is 1.34. The van der Waals surface area contributed by atoms with Crippen LogP contribution in [0.25, 0.3) is 0 Å². The molecule has 0 aromatic carbocycles. The lowest BCUT2D eigenvalue weighted by Gasteiger charge is -2.25. The highest BCUT2D eigenvalue weighted by molar-refractivity contribution is 5.78. The third-order valence-corrected chi connectivity index (χ3v) is 2.67. The van der Waals surface area contributed by atoms with Gasteiger partial charge in [-0.25, -0.2) is 4.79 Å². The Morgan fingerprint density at radius 1 is 1.50 bits per heavy atom. The maximum absolute atomic E-state index is 11.5.